The van der Waals surface area contributed by atoms with Crippen molar-refractivity contribution < 1.29 is 0 Å². The van der Waals surface area contributed by atoms with Crippen molar-refractivity contribution in [2.24, 2.45) is 0 Å². The summed E-state index contributed by atoms with van der Waals surface area (Å²) in [4.78, 5) is 0. The number of hydrogen-bond donors (Lipinski definition) is 0. The first-order valence-electron chi connectivity index (χ1n) is 14.1. The van der Waals surface area contributed by atoms with E-state index in [1.807, 2.05) is 0 Å². The lowest BCUT2D eigenvalue weighted by atomic mass is 9.76. The molecular formula is C38H30N2. The van der Waals surface area contributed by atoms with Gasteiger partial charge in [0.25, 0.3) is 0 Å². The van der Waals surface area contributed by atoms with Gasteiger partial charge in [0, 0.05) is 38.3 Å². The molecule has 0 bridgehead atoms. The Kier molecular flexibility index (Phi) is 4.96. The van der Waals surface area contributed by atoms with Crippen molar-refractivity contribution in [1.29, 1.82) is 0 Å². The molecule has 1 unspecified atom stereocenters. The summed E-state index contributed by atoms with van der Waals surface area (Å²) in [6.45, 7) is 4.52. The third kappa shape index (κ3) is 3.36. The van der Waals surface area contributed by atoms with Crippen LogP contribution in [0, 0.1) is 6.92 Å². The minimum atomic E-state index is -0.0804. The van der Waals surface area contributed by atoms with Gasteiger partial charge < -0.3 is 9.13 Å². The van der Waals surface area contributed by atoms with Gasteiger partial charge in [0.05, 0.1) is 22.1 Å². The zero-order valence-electron chi connectivity index (χ0n) is 22.8. The number of nitrogens with zero attached hydrogens (tertiary/aromatic N) is 2. The minimum absolute atomic E-state index is 0.0804. The minimum Gasteiger partial charge on any atom is -0.310 e. The first kappa shape index (κ1) is 23.1. The van der Waals surface area contributed by atoms with E-state index in [9.17, 15) is 0 Å². The van der Waals surface area contributed by atoms with Gasteiger partial charge in [0.2, 0.25) is 0 Å². The van der Waals surface area contributed by atoms with Gasteiger partial charge in [0.15, 0.2) is 0 Å². The van der Waals surface area contributed by atoms with Crippen LogP contribution in [0.4, 0.5) is 0 Å². The number of aromatic nitrogens is 2. The van der Waals surface area contributed by atoms with Gasteiger partial charge in [-0.25, -0.2) is 0 Å². The predicted octanol–water partition coefficient (Wildman–Crippen LogP) is 9.96. The maximum absolute atomic E-state index is 2.42. The average molecular weight is 515 g/mol. The van der Waals surface area contributed by atoms with Crippen molar-refractivity contribution in [2.45, 2.75) is 25.7 Å². The maximum Gasteiger partial charge on any atom is 0.0541 e. The van der Waals surface area contributed by atoms with Crippen LogP contribution >= 0.6 is 0 Å². The van der Waals surface area contributed by atoms with Gasteiger partial charge in [-0.15, -0.1) is 0 Å². The Morgan fingerprint density at radius 2 is 1.18 bits per heavy atom. The van der Waals surface area contributed by atoms with Crippen molar-refractivity contribution in [3.63, 3.8) is 0 Å². The molecule has 0 spiro atoms. The molecule has 2 heteroatoms. The van der Waals surface area contributed by atoms with Crippen LogP contribution in [-0.4, -0.2) is 9.13 Å². The molecule has 0 saturated heterocycles. The molecule has 8 rings (SSSR count). The lowest BCUT2D eigenvalue weighted by molar-refractivity contribution is 0.600. The Bertz CT molecular complexity index is 2110. The molecule has 0 radical (unpaired) electrons. The molecular weight excluding hydrogens is 484 g/mol. The zero-order valence-corrected chi connectivity index (χ0v) is 22.8. The number of aryl methyl sites for hydroxylation is 1. The lowest BCUT2D eigenvalue weighted by Crippen LogP contribution is -2.20. The van der Waals surface area contributed by atoms with Gasteiger partial charge in [-0.05, 0) is 73.0 Å². The Hall–Kier alpha value is -4.82. The molecule has 2 heterocycles. The summed E-state index contributed by atoms with van der Waals surface area (Å²) in [7, 11) is 0. The monoisotopic (exact) mass is 514 g/mol. The highest BCUT2D eigenvalue weighted by Gasteiger charge is 2.27. The van der Waals surface area contributed by atoms with Crippen LogP contribution in [0.3, 0.4) is 0 Å². The molecule has 1 atom stereocenters. The predicted molar refractivity (Wildman–Crippen MR) is 170 cm³/mol. The third-order valence-electron chi connectivity index (χ3n) is 8.79. The van der Waals surface area contributed by atoms with Crippen molar-refractivity contribution in [2.75, 3.05) is 0 Å². The lowest BCUT2D eigenvalue weighted by Gasteiger charge is -2.29. The number of fused-ring (bicyclic) bond motifs is 6. The van der Waals surface area contributed by atoms with Crippen LogP contribution in [0.2, 0.25) is 0 Å². The van der Waals surface area contributed by atoms with Gasteiger partial charge in [-0.2, -0.15) is 0 Å². The normalized spacial score (nSPS) is 17.3. The van der Waals surface area contributed by atoms with E-state index in [0.29, 0.717) is 0 Å². The third-order valence-corrected chi connectivity index (χ3v) is 8.79. The summed E-state index contributed by atoms with van der Waals surface area (Å²) in [6, 6.07) is 42.1. The zero-order chi connectivity index (χ0) is 26.8. The molecule has 0 saturated carbocycles. The quantitative estimate of drug-likeness (QED) is 0.222. The Balaban J connectivity index is 1.24. The van der Waals surface area contributed by atoms with E-state index in [1.54, 1.807) is 0 Å². The Morgan fingerprint density at radius 3 is 1.80 bits per heavy atom. The largest absolute Gasteiger partial charge is 0.310 e. The standard InChI is InChI=1S/C38H30N2/c1-26-10-9-11-29(24-26)40-36-17-8-5-14-32(36)33-25-27(18-19-37(33)40)38(2)22-20-28(21-23-38)39-34-15-6-3-12-30(34)31-13-4-7-16-35(31)39/h3-22,24-25H,23H2,1-2H3. The second kappa shape index (κ2) is 8.59. The average Bonchev–Trinajstić information content (AvgIpc) is 3.50. The Labute approximate surface area is 234 Å². The molecule has 5 aromatic carbocycles. The second-order valence-corrected chi connectivity index (χ2v) is 11.4. The van der Waals surface area contributed by atoms with Crippen LogP contribution in [0.15, 0.2) is 133 Å². The van der Waals surface area contributed by atoms with Crippen LogP contribution in [-0.2, 0) is 5.41 Å². The van der Waals surface area contributed by atoms with Crippen LogP contribution in [0.1, 0.15) is 24.5 Å². The van der Waals surface area contributed by atoms with Crippen LogP contribution in [0.5, 0.6) is 0 Å². The number of rotatable bonds is 3. The van der Waals surface area contributed by atoms with E-state index in [2.05, 4.69) is 156 Å². The highest BCUT2D eigenvalue weighted by atomic mass is 15.0. The summed E-state index contributed by atoms with van der Waals surface area (Å²) in [5.41, 5.74) is 10.0. The number of hydrogen-bond acceptors (Lipinski definition) is 0. The van der Waals surface area contributed by atoms with Gasteiger partial charge in [-0.1, -0.05) is 91.9 Å². The number of para-hydroxylation sites is 3. The Morgan fingerprint density at radius 1 is 0.575 bits per heavy atom. The van der Waals surface area contributed by atoms with E-state index in [-0.39, 0.29) is 5.41 Å². The SMILES string of the molecule is Cc1cccc(-n2c3ccccc3c3cc(C4(C)C=CC(n5c6ccccc6c6ccccc65)=CC4)ccc32)c1. The summed E-state index contributed by atoms with van der Waals surface area (Å²) >= 11 is 0. The number of allylic oxidation sites excluding steroid dienone is 4. The van der Waals surface area contributed by atoms with Crippen molar-refractivity contribution in [1.82, 2.24) is 9.13 Å². The van der Waals surface area contributed by atoms with E-state index in [1.165, 1.54) is 66.1 Å². The fourth-order valence-corrected chi connectivity index (χ4v) is 6.68. The molecule has 1 aliphatic rings. The second-order valence-electron chi connectivity index (χ2n) is 11.4. The van der Waals surface area contributed by atoms with Crippen molar-refractivity contribution in [3.05, 3.63) is 145 Å². The van der Waals surface area contributed by atoms with Gasteiger partial charge >= 0.3 is 0 Å². The highest BCUT2D eigenvalue weighted by Crippen LogP contribution is 2.41. The van der Waals surface area contributed by atoms with E-state index in [4.69, 9.17) is 0 Å². The van der Waals surface area contributed by atoms with Gasteiger partial charge in [0.1, 0.15) is 0 Å². The first-order chi connectivity index (χ1) is 19.6. The smallest absolute Gasteiger partial charge is 0.0541 e. The molecule has 40 heavy (non-hydrogen) atoms. The summed E-state index contributed by atoms with van der Waals surface area (Å²) in [5, 5.41) is 5.21. The summed E-state index contributed by atoms with van der Waals surface area (Å²) in [6.07, 6.45) is 8.09. The van der Waals surface area contributed by atoms with Crippen molar-refractivity contribution >= 4 is 49.3 Å². The molecule has 0 fully saturated rings. The molecule has 2 nitrogen and oxygen atoms in total. The molecule has 2 aromatic heterocycles. The molecule has 0 N–H and O–H groups in total. The maximum atomic E-state index is 2.42. The van der Waals surface area contributed by atoms with E-state index < -0.39 is 0 Å². The fraction of sp³-hybridized carbons (Fsp3) is 0.105. The van der Waals surface area contributed by atoms with E-state index in [0.717, 1.165) is 6.42 Å². The topological polar surface area (TPSA) is 9.86 Å². The van der Waals surface area contributed by atoms with Gasteiger partial charge in [-0.3, -0.25) is 0 Å². The molecule has 1 aliphatic carbocycles. The van der Waals surface area contributed by atoms with E-state index >= 15 is 0 Å². The molecule has 0 amide bonds. The molecule has 7 aromatic rings. The van der Waals surface area contributed by atoms with Crippen LogP contribution < -0.4 is 0 Å². The summed E-state index contributed by atoms with van der Waals surface area (Å²) < 4.78 is 4.82. The van der Waals surface area contributed by atoms with Crippen molar-refractivity contribution in [3.8, 4) is 5.69 Å². The first-order valence-corrected chi connectivity index (χ1v) is 14.1. The summed E-state index contributed by atoms with van der Waals surface area (Å²) in [5.74, 6) is 0. The molecule has 192 valence electrons. The molecule has 0 aliphatic heterocycles. The number of benzene rings is 5. The highest BCUT2D eigenvalue weighted by molar-refractivity contribution is 6.11. The fourth-order valence-electron chi connectivity index (χ4n) is 6.68. The van der Waals surface area contributed by atoms with Crippen LogP contribution in [0.25, 0.3) is 55.0 Å².